The van der Waals surface area contributed by atoms with Gasteiger partial charge in [0.1, 0.15) is 29.0 Å². The lowest BCUT2D eigenvalue weighted by molar-refractivity contribution is -0.335. The maximum atomic E-state index is 14.4. The fourth-order valence-electron chi connectivity index (χ4n) is 8.77. The molecule has 2 rings (SSSR count). The number of esters is 1. The number of hydrogen-bond acceptors (Lipinski definition) is 14. The van der Waals surface area contributed by atoms with Crippen LogP contribution in [0.25, 0.3) is 0 Å². The Morgan fingerprint density at radius 1 is 1.00 bits per heavy atom. The van der Waals surface area contributed by atoms with E-state index in [-0.39, 0.29) is 36.8 Å². The molecule has 0 aromatic rings. The quantitative estimate of drug-likeness (QED) is 0.0616. The lowest BCUT2D eigenvalue weighted by Gasteiger charge is -2.53. The maximum absolute atomic E-state index is 14.4. The van der Waals surface area contributed by atoms with E-state index in [1.54, 1.807) is 62.3 Å². The molecule has 2 saturated heterocycles. The Labute approximate surface area is 337 Å². The van der Waals surface area contributed by atoms with Crippen molar-refractivity contribution in [2.24, 2.45) is 35.3 Å². The average Bonchev–Trinajstić information content (AvgIpc) is 3.11. The third-order valence-electron chi connectivity index (χ3n) is 12.6. The van der Waals surface area contributed by atoms with Crippen molar-refractivity contribution in [1.29, 1.82) is 0 Å². The van der Waals surface area contributed by atoms with Gasteiger partial charge in [-0.05, 0) is 85.1 Å². The number of rotatable bonds is 22. The van der Waals surface area contributed by atoms with Crippen molar-refractivity contribution >= 4 is 5.97 Å². The predicted molar refractivity (Wildman–Crippen MR) is 214 cm³/mol. The van der Waals surface area contributed by atoms with Crippen LogP contribution in [0.4, 0.5) is 0 Å². The van der Waals surface area contributed by atoms with E-state index in [2.05, 4.69) is 5.32 Å². The Morgan fingerprint density at radius 2 is 1.61 bits per heavy atom. The molecule has 332 valence electrons. The molecule has 17 atom stereocenters. The largest absolute Gasteiger partial charge is 0.459 e. The molecule has 3 unspecified atom stereocenters. The van der Waals surface area contributed by atoms with Gasteiger partial charge in [0.2, 0.25) is 0 Å². The van der Waals surface area contributed by atoms with E-state index < -0.39 is 95.5 Å². The van der Waals surface area contributed by atoms with Crippen LogP contribution in [-0.2, 0) is 33.2 Å². The summed E-state index contributed by atoms with van der Waals surface area (Å²) in [6, 6.07) is -0.628. The second-order valence-electron chi connectivity index (χ2n) is 18.5. The summed E-state index contributed by atoms with van der Waals surface area (Å²) in [6.07, 6.45) is -6.44. The molecule has 8 N–H and O–H groups in total. The highest BCUT2D eigenvalue weighted by atomic mass is 16.7. The number of methoxy groups -OCH3 is 1. The Balaban J connectivity index is 2.70. The third-order valence-corrected chi connectivity index (χ3v) is 12.6. The standard InChI is InChI=1S/C42H82N2O12/c1-16-18-44-22-42(50)29(11)53-31(21-40(42,13)51-15)54-33(28(10)37(47)55-35(24(5)6)41(14,49)34(46)23(3)4)27(9)36(39(12,48)20-25(7)17-2)56-38-32(45)30(43)19-26(8)52-38/h23-36,38,44-46,48-50H,16-22,43H2,1-15H3/t25-,26?,27-,28+,29?,30?,31-,32-,33-,34+,35+,36+,38-,39+,40-,41-,42-/m0/s1. The smallest absolute Gasteiger partial charge is 0.311 e. The van der Waals surface area contributed by atoms with Gasteiger partial charge in [-0.2, -0.15) is 0 Å². The number of carbonyl (C=O) groups is 1. The average molecular weight is 807 g/mol. The molecule has 2 aliphatic heterocycles. The molecule has 0 bridgehead atoms. The molecular formula is C42H82N2O12. The third kappa shape index (κ3) is 12.1. The summed E-state index contributed by atoms with van der Waals surface area (Å²) in [7, 11) is 1.53. The Hall–Kier alpha value is -1.01. The van der Waals surface area contributed by atoms with E-state index in [1.807, 2.05) is 27.7 Å². The summed E-state index contributed by atoms with van der Waals surface area (Å²) in [4.78, 5) is 14.4. The lowest BCUT2D eigenvalue weighted by Crippen LogP contribution is -2.70. The first kappa shape index (κ1) is 51.1. The van der Waals surface area contributed by atoms with Crippen LogP contribution in [0.1, 0.15) is 129 Å². The number of aliphatic hydroxyl groups is 5. The summed E-state index contributed by atoms with van der Waals surface area (Å²) >= 11 is 0. The van der Waals surface area contributed by atoms with Crippen LogP contribution in [0.2, 0.25) is 0 Å². The highest BCUT2D eigenvalue weighted by Gasteiger charge is 2.58. The zero-order valence-electron chi connectivity index (χ0n) is 37.3. The number of nitrogens with two attached hydrogens (primary N) is 1. The molecule has 0 aromatic heterocycles. The summed E-state index contributed by atoms with van der Waals surface area (Å²) in [5.41, 5.74) is 0.410. The van der Waals surface area contributed by atoms with Crippen LogP contribution in [0.3, 0.4) is 0 Å². The van der Waals surface area contributed by atoms with Crippen molar-refractivity contribution in [2.45, 2.75) is 213 Å². The van der Waals surface area contributed by atoms with Crippen LogP contribution in [0, 0.1) is 29.6 Å². The van der Waals surface area contributed by atoms with Gasteiger partial charge in [-0.15, -0.1) is 0 Å². The second-order valence-corrected chi connectivity index (χ2v) is 18.5. The SMILES string of the molecule is CCCNC[C@]1(O)C(C)O[C@@H](O[C@@H]([C@H](C)[C@@H](O[C@@H]2OC(C)CC(N)[C@@H]2O)[C@](C)(O)C[C@@H](C)CC)[C@@H](C)C(=O)O[C@H](C(C)C)[C@@](C)(O)[C@H](O)C(C)C)C[C@]1(C)OC. The van der Waals surface area contributed by atoms with Crippen molar-refractivity contribution in [3.05, 3.63) is 0 Å². The van der Waals surface area contributed by atoms with Crippen LogP contribution < -0.4 is 11.1 Å². The van der Waals surface area contributed by atoms with Gasteiger partial charge in [0.15, 0.2) is 12.6 Å². The number of nitrogens with one attached hydrogen (secondary N) is 1. The molecular weight excluding hydrogens is 724 g/mol. The van der Waals surface area contributed by atoms with Gasteiger partial charge in [0, 0.05) is 32.0 Å². The Kier molecular flexibility index (Phi) is 19.2. The number of aliphatic hydroxyl groups excluding tert-OH is 2. The lowest BCUT2D eigenvalue weighted by atomic mass is 9.75. The predicted octanol–water partition coefficient (Wildman–Crippen LogP) is 3.65. The highest BCUT2D eigenvalue weighted by molar-refractivity contribution is 5.73. The molecule has 14 heteroatoms. The van der Waals surface area contributed by atoms with Crippen LogP contribution in [0.5, 0.6) is 0 Å². The second kappa shape index (κ2) is 21.0. The minimum atomic E-state index is -1.78. The van der Waals surface area contributed by atoms with Gasteiger partial charge >= 0.3 is 5.97 Å². The normalized spacial score (nSPS) is 34.8. The van der Waals surface area contributed by atoms with Crippen molar-refractivity contribution in [3.8, 4) is 0 Å². The molecule has 0 amide bonds. The minimum absolute atomic E-state index is 0.0776. The van der Waals surface area contributed by atoms with Crippen molar-refractivity contribution < 1.29 is 58.7 Å². The van der Waals surface area contributed by atoms with Gasteiger partial charge in [-0.25, -0.2) is 0 Å². The summed E-state index contributed by atoms with van der Waals surface area (Å²) < 4.78 is 38.0. The molecule has 56 heavy (non-hydrogen) atoms. The molecule has 2 fully saturated rings. The van der Waals surface area contributed by atoms with Crippen LogP contribution in [0.15, 0.2) is 0 Å². The fourth-order valence-corrected chi connectivity index (χ4v) is 8.77. The highest BCUT2D eigenvalue weighted by Crippen LogP contribution is 2.43. The molecule has 2 aliphatic rings. The molecule has 0 spiro atoms. The first-order chi connectivity index (χ1) is 25.7. The fraction of sp³-hybridized carbons (Fsp3) is 0.976. The van der Waals surface area contributed by atoms with Crippen molar-refractivity contribution in [1.82, 2.24) is 5.32 Å². The molecule has 14 nitrogen and oxygen atoms in total. The zero-order chi connectivity index (χ0) is 43.1. The van der Waals surface area contributed by atoms with Gasteiger partial charge in [0.25, 0.3) is 0 Å². The topological polar surface area (TPSA) is 212 Å². The molecule has 2 heterocycles. The Morgan fingerprint density at radius 3 is 2.12 bits per heavy atom. The molecule has 0 aromatic carbocycles. The Bertz CT molecular complexity index is 1190. The molecule has 0 saturated carbocycles. The van der Waals surface area contributed by atoms with E-state index in [0.29, 0.717) is 19.4 Å². The molecule has 0 radical (unpaired) electrons. The van der Waals surface area contributed by atoms with Crippen molar-refractivity contribution in [3.63, 3.8) is 0 Å². The zero-order valence-corrected chi connectivity index (χ0v) is 37.3. The van der Waals surface area contributed by atoms with Crippen molar-refractivity contribution in [2.75, 3.05) is 20.2 Å². The van der Waals surface area contributed by atoms with E-state index >= 15 is 0 Å². The van der Waals surface area contributed by atoms with Gasteiger partial charge in [0.05, 0.1) is 42.0 Å². The van der Waals surface area contributed by atoms with Gasteiger partial charge in [-0.1, -0.05) is 61.8 Å². The van der Waals surface area contributed by atoms with E-state index in [4.69, 9.17) is 34.2 Å². The summed E-state index contributed by atoms with van der Waals surface area (Å²) in [5.74, 6) is -3.18. The number of hydrogen-bond donors (Lipinski definition) is 7. The van der Waals surface area contributed by atoms with Gasteiger partial charge < -0.3 is 65.0 Å². The number of carbonyl (C=O) groups excluding carboxylic acids is 1. The van der Waals surface area contributed by atoms with E-state index in [1.165, 1.54) is 14.0 Å². The summed E-state index contributed by atoms with van der Waals surface area (Å²) in [5, 5.41) is 61.4. The van der Waals surface area contributed by atoms with Gasteiger partial charge in [-0.3, -0.25) is 4.79 Å². The van der Waals surface area contributed by atoms with Crippen LogP contribution >= 0.6 is 0 Å². The first-order valence-electron chi connectivity index (χ1n) is 21.1. The van der Waals surface area contributed by atoms with E-state index in [9.17, 15) is 30.3 Å². The number of ether oxygens (including phenoxy) is 6. The first-order valence-corrected chi connectivity index (χ1v) is 21.1. The monoisotopic (exact) mass is 807 g/mol. The molecule has 0 aliphatic carbocycles. The minimum Gasteiger partial charge on any atom is -0.459 e. The van der Waals surface area contributed by atoms with Crippen LogP contribution in [-0.4, -0.2) is 135 Å². The van der Waals surface area contributed by atoms with E-state index in [0.717, 1.165) is 12.8 Å². The summed E-state index contributed by atoms with van der Waals surface area (Å²) in [6.45, 7) is 26.1. The maximum Gasteiger partial charge on any atom is 0.311 e.